The van der Waals surface area contributed by atoms with Crippen molar-refractivity contribution in [3.05, 3.63) is 108 Å². The Hall–Kier alpha value is -3.53. The van der Waals surface area contributed by atoms with Crippen molar-refractivity contribution in [2.75, 3.05) is 7.11 Å². The van der Waals surface area contributed by atoms with Crippen LogP contribution in [0.3, 0.4) is 0 Å². The maximum Gasteiger partial charge on any atom is 0.306 e. The lowest BCUT2D eigenvalue weighted by Crippen LogP contribution is -2.32. The number of benzene rings is 3. The first-order valence-corrected chi connectivity index (χ1v) is 9.42. The van der Waals surface area contributed by atoms with Crippen molar-refractivity contribution in [2.24, 2.45) is 5.92 Å². The Labute approximate surface area is 170 Å². The van der Waals surface area contributed by atoms with Gasteiger partial charge in [-0.1, -0.05) is 91.0 Å². The lowest BCUT2D eigenvalue weighted by Gasteiger charge is -2.25. The molecule has 0 saturated carbocycles. The molecule has 4 heteroatoms. The van der Waals surface area contributed by atoms with Gasteiger partial charge in [-0.05, 0) is 5.56 Å². The summed E-state index contributed by atoms with van der Waals surface area (Å²) in [7, 11) is 1.30. The summed E-state index contributed by atoms with van der Waals surface area (Å²) in [5.41, 5.74) is 1.62. The van der Waals surface area contributed by atoms with Crippen molar-refractivity contribution in [3.8, 4) is 0 Å². The molecule has 3 aromatic carbocycles. The highest BCUT2D eigenvalue weighted by Gasteiger charge is 2.38. The minimum atomic E-state index is -1.04. The van der Waals surface area contributed by atoms with E-state index in [2.05, 4.69) is 0 Å². The Morgan fingerprint density at radius 3 is 1.52 bits per heavy atom. The predicted molar refractivity (Wildman–Crippen MR) is 111 cm³/mol. The molecule has 29 heavy (non-hydrogen) atoms. The number of ether oxygens (including phenoxy) is 1. The molecule has 0 fully saturated rings. The molecule has 0 aliphatic heterocycles. The standard InChI is InChI=1S/C25H22O4/c1-29-22(26)17-21(18-11-5-2-6-12-18)23(24(27)19-13-7-3-8-14-19)25(28)20-15-9-4-10-16-20/h2-16,21,23H,17H2,1H3/t21-/m1/s1. The fourth-order valence-electron chi connectivity index (χ4n) is 3.44. The van der Waals surface area contributed by atoms with E-state index in [-0.39, 0.29) is 18.0 Å². The number of rotatable bonds is 8. The average molecular weight is 386 g/mol. The molecule has 0 aliphatic rings. The van der Waals surface area contributed by atoms with Gasteiger partial charge in [0.2, 0.25) is 0 Å². The van der Waals surface area contributed by atoms with Gasteiger partial charge in [-0.2, -0.15) is 0 Å². The lowest BCUT2D eigenvalue weighted by molar-refractivity contribution is -0.141. The fraction of sp³-hybridized carbons (Fsp3) is 0.160. The minimum Gasteiger partial charge on any atom is -0.469 e. The van der Waals surface area contributed by atoms with Gasteiger partial charge in [0.05, 0.1) is 19.4 Å². The molecule has 1 atom stereocenters. The van der Waals surface area contributed by atoms with Gasteiger partial charge in [-0.15, -0.1) is 0 Å². The van der Waals surface area contributed by atoms with Gasteiger partial charge >= 0.3 is 5.97 Å². The highest BCUT2D eigenvalue weighted by molar-refractivity contribution is 6.17. The van der Waals surface area contributed by atoms with Crippen LogP contribution in [-0.4, -0.2) is 24.6 Å². The topological polar surface area (TPSA) is 60.4 Å². The quantitative estimate of drug-likeness (QED) is 0.319. The summed E-state index contributed by atoms with van der Waals surface area (Å²) in [6.07, 6.45) is -0.0671. The molecule has 3 rings (SSSR count). The predicted octanol–water partition coefficient (Wildman–Crippen LogP) is 4.72. The summed E-state index contributed by atoms with van der Waals surface area (Å²) in [6, 6.07) is 26.6. The maximum atomic E-state index is 13.5. The zero-order valence-corrected chi connectivity index (χ0v) is 16.2. The van der Waals surface area contributed by atoms with E-state index in [0.29, 0.717) is 11.1 Å². The summed E-state index contributed by atoms with van der Waals surface area (Å²) in [5, 5.41) is 0. The molecule has 0 aliphatic carbocycles. The van der Waals surface area contributed by atoms with Gasteiger partial charge in [0, 0.05) is 17.0 Å². The second-order valence-electron chi connectivity index (χ2n) is 6.74. The summed E-state index contributed by atoms with van der Waals surface area (Å²) >= 11 is 0. The molecule has 0 saturated heterocycles. The molecule has 0 heterocycles. The van der Waals surface area contributed by atoms with Crippen LogP contribution in [-0.2, 0) is 9.53 Å². The van der Waals surface area contributed by atoms with E-state index < -0.39 is 17.8 Å². The summed E-state index contributed by atoms with van der Waals surface area (Å²) in [4.78, 5) is 39.1. The smallest absolute Gasteiger partial charge is 0.306 e. The van der Waals surface area contributed by atoms with Crippen LogP contribution in [0.15, 0.2) is 91.0 Å². The van der Waals surface area contributed by atoms with Crippen LogP contribution >= 0.6 is 0 Å². The zero-order valence-electron chi connectivity index (χ0n) is 16.2. The lowest BCUT2D eigenvalue weighted by atomic mass is 9.75. The number of Topliss-reactive ketones (excluding diaryl/α,β-unsaturated/α-hetero) is 2. The van der Waals surface area contributed by atoms with Crippen molar-refractivity contribution < 1.29 is 19.1 Å². The third-order valence-corrected chi connectivity index (χ3v) is 4.93. The van der Waals surface area contributed by atoms with E-state index in [1.807, 2.05) is 42.5 Å². The van der Waals surface area contributed by atoms with E-state index >= 15 is 0 Å². The molecule has 3 aromatic rings. The number of carbonyl (C=O) groups excluding carboxylic acids is 3. The molecular formula is C25H22O4. The third kappa shape index (κ3) is 4.85. The number of carbonyl (C=O) groups is 3. The molecule has 146 valence electrons. The Balaban J connectivity index is 2.11. The van der Waals surface area contributed by atoms with E-state index in [4.69, 9.17) is 4.74 Å². The van der Waals surface area contributed by atoms with Crippen molar-refractivity contribution in [3.63, 3.8) is 0 Å². The summed E-state index contributed by atoms with van der Waals surface area (Å²) < 4.78 is 4.86. The highest BCUT2D eigenvalue weighted by atomic mass is 16.5. The van der Waals surface area contributed by atoms with Crippen LogP contribution < -0.4 is 0 Å². The van der Waals surface area contributed by atoms with Gasteiger partial charge in [-0.3, -0.25) is 14.4 Å². The monoisotopic (exact) mass is 386 g/mol. The molecule has 0 amide bonds. The Kier molecular flexibility index (Phi) is 6.69. The second-order valence-corrected chi connectivity index (χ2v) is 6.74. The van der Waals surface area contributed by atoms with Gasteiger partial charge < -0.3 is 4.74 Å². The molecule has 4 nitrogen and oxygen atoms in total. The van der Waals surface area contributed by atoms with E-state index in [1.54, 1.807) is 48.5 Å². The van der Waals surface area contributed by atoms with Crippen LogP contribution in [0.4, 0.5) is 0 Å². The van der Waals surface area contributed by atoms with Crippen molar-refractivity contribution in [2.45, 2.75) is 12.3 Å². The van der Waals surface area contributed by atoms with Gasteiger partial charge in [0.15, 0.2) is 11.6 Å². The van der Waals surface area contributed by atoms with Crippen LogP contribution in [0.25, 0.3) is 0 Å². The molecule has 0 radical (unpaired) electrons. The number of esters is 1. The summed E-state index contributed by atoms with van der Waals surface area (Å²) in [6.45, 7) is 0. The molecule has 0 unspecified atom stereocenters. The van der Waals surface area contributed by atoms with Crippen LogP contribution in [0.1, 0.15) is 38.6 Å². The highest BCUT2D eigenvalue weighted by Crippen LogP contribution is 2.34. The third-order valence-electron chi connectivity index (χ3n) is 4.93. The molecule has 0 spiro atoms. The summed E-state index contributed by atoms with van der Waals surface area (Å²) in [5.74, 6) is -2.76. The second kappa shape index (κ2) is 9.60. The zero-order chi connectivity index (χ0) is 20.6. The average Bonchev–Trinajstić information content (AvgIpc) is 2.80. The number of hydrogen-bond donors (Lipinski definition) is 0. The van der Waals surface area contributed by atoms with Crippen LogP contribution in [0.5, 0.6) is 0 Å². The first kappa shape index (κ1) is 20.2. The van der Waals surface area contributed by atoms with E-state index in [1.165, 1.54) is 7.11 Å². The Bertz CT molecular complexity index is 914. The number of hydrogen-bond acceptors (Lipinski definition) is 4. The molecule has 0 N–H and O–H groups in total. The first-order chi connectivity index (χ1) is 14.1. The van der Waals surface area contributed by atoms with E-state index in [9.17, 15) is 14.4 Å². The molecule has 0 aromatic heterocycles. The van der Waals surface area contributed by atoms with Crippen LogP contribution in [0, 0.1) is 5.92 Å². The van der Waals surface area contributed by atoms with Gasteiger partial charge in [0.25, 0.3) is 0 Å². The van der Waals surface area contributed by atoms with Crippen molar-refractivity contribution in [1.29, 1.82) is 0 Å². The maximum absolute atomic E-state index is 13.5. The molecule has 0 bridgehead atoms. The first-order valence-electron chi connectivity index (χ1n) is 9.42. The largest absolute Gasteiger partial charge is 0.469 e. The van der Waals surface area contributed by atoms with Gasteiger partial charge in [-0.25, -0.2) is 0 Å². The Morgan fingerprint density at radius 1 is 0.690 bits per heavy atom. The SMILES string of the molecule is COC(=O)C[C@H](c1ccccc1)C(C(=O)c1ccccc1)C(=O)c1ccccc1. The fourth-order valence-corrected chi connectivity index (χ4v) is 3.44. The van der Waals surface area contributed by atoms with Crippen molar-refractivity contribution in [1.82, 2.24) is 0 Å². The number of ketones is 2. The van der Waals surface area contributed by atoms with E-state index in [0.717, 1.165) is 5.56 Å². The number of methoxy groups -OCH3 is 1. The van der Waals surface area contributed by atoms with Crippen molar-refractivity contribution >= 4 is 17.5 Å². The minimum absolute atomic E-state index is 0.0671. The van der Waals surface area contributed by atoms with Crippen LogP contribution in [0.2, 0.25) is 0 Å². The van der Waals surface area contributed by atoms with Gasteiger partial charge in [0.1, 0.15) is 0 Å². The normalized spacial score (nSPS) is 11.7. The Morgan fingerprint density at radius 2 is 1.10 bits per heavy atom. The molecular weight excluding hydrogens is 364 g/mol.